The minimum absolute atomic E-state index is 0.0833. The minimum atomic E-state index is -4.12. The van der Waals surface area contributed by atoms with Crippen molar-refractivity contribution in [3.8, 4) is 0 Å². The van der Waals surface area contributed by atoms with E-state index in [1.54, 1.807) is 25.1 Å². The Morgan fingerprint density at radius 2 is 1.79 bits per heavy atom. The van der Waals surface area contributed by atoms with E-state index in [0.717, 1.165) is 38.2 Å². The van der Waals surface area contributed by atoms with Crippen LogP contribution in [-0.4, -0.2) is 25.3 Å². The predicted molar refractivity (Wildman–Crippen MR) is 109 cm³/mol. The van der Waals surface area contributed by atoms with Crippen molar-refractivity contribution in [2.24, 2.45) is 0 Å². The molecule has 1 amide bonds. The Hall–Kier alpha value is -2.94. The number of hydrogen-bond donors (Lipinski definition) is 2. The number of nitrogens with one attached hydrogen (secondary N) is 2. The highest BCUT2D eigenvalue weighted by Gasteiger charge is 2.24. The summed E-state index contributed by atoms with van der Waals surface area (Å²) < 4.78 is 28.2. The Morgan fingerprint density at radius 1 is 1.10 bits per heavy atom. The van der Waals surface area contributed by atoms with E-state index in [2.05, 4.69) is 10.0 Å². The molecule has 0 bridgehead atoms. The third-order valence-corrected chi connectivity index (χ3v) is 6.54. The summed E-state index contributed by atoms with van der Waals surface area (Å²) in [6, 6.07) is 10.1. The number of benzene rings is 2. The van der Waals surface area contributed by atoms with Crippen LogP contribution in [0.2, 0.25) is 0 Å². The number of nitro groups is 1. The number of carbonyl (C=O) groups is 1. The molecule has 8 nitrogen and oxygen atoms in total. The lowest BCUT2D eigenvalue weighted by Crippen LogP contribution is -2.36. The smallest absolute Gasteiger partial charge is 0.270 e. The summed E-state index contributed by atoms with van der Waals surface area (Å²) >= 11 is 0. The molecular weight excluding hydrogens is 394 g/mol. The second-order valence-electron chi connectivity index (χ2n) is 7.17. The van der Waals surface area contributed by atoms with Gasteiger partial charge in [-0.3, -0.25) is 19.6 Å². The van der Waals surface area contributed by atoms with Gasteiger partial charge in [0.05, 0.1) is 21.1 Å². The number of rotatable bonds is 6. The molecule has 1 aliphatic carbocycles. The average Bonchev–Trinajstić information content (AvgIpc) is 2.68. The molecule has 1 aliphatic rings. The Morgan fingerprint density at radius 3 is 2.48 bits per heavy atom. The molecule has 2 aromatic rings. The number of para-hydroxylation sites is 1. The number of sulfonamides is 1. The Kier molecular flexibility index (Phi) is 6.17. The summed E-state index contributed by atoms with van der Waals surface area (Å²) in [7, 11) is -4.12. The second kappa shape index (κ2) is 8.60. The van der Waals surface area contributed by atoms with Crippen LogP contribution in [0, 0.1) is 17.0 Å². The lowest BCUT2D eigenvalue weighted by atomic mass is 9.95. The highest BCUT2D eigenvalue weighted by molar-refractivity contribution is 7.92. The van der Waals surface area contributed by atoms with Crippen LogP contribution in [0.25, 0.3) is 0 Å². The zero-order valence-electron chi connectivity index (χ0n) is 16.1. The normalized spacial score (nSPS) is 14.9. The first-order valence-corrected chi connectivity index (χ1v) is 10.9. The fourth-order valence-electron chi connectivity index (χ4n) is 3.47. The predicted octanol–water partition coefficient (Wildman–Crippen LogP) is 3.77. The summed E-state index contributed by atoms with van der Waals surface area (Å²) in [5.74, 6) is -0.342. The van der Waals surface area contributed by atoms with E-state index in [4.69, 9.17) is 0 Å². The molecule has 0 radical (unpaired) electrons. The van der Waals surface area contributed by atoms with Gasteiger partial charge in [0.25, 0.3) is 21.6 Å². The van der Waals surface area contributed by atoms with Crippen molar-refractivity contribution in [3.63, 3.8) is 0 Å². The first kappa shape index (κ1) is 20.8. The van der Waals surface area contributed by atoms with Crippen molar-refractivity contribution < 1.29 is 18.1 Å². The number of anilines is 1. The SMILES string of the molecule is Cc1ccc([N+](=O)[O-])cc1S(=O)(=O)Nc1ccccc1C(=O)NC1CCCCC1. The standard InChI is InChI=1S/C20H23N3O5S/c1-14-11-12-16(23(25)26)13-19(14)29(27,28)22-18-10-6-5-9-17(18)20(24)21-15-7-3-2-4-8-15/h5-6,9-13,15,22H,2-4,7-8H2,1H3,(H,21,24). The molecule has 1 fully saturated rings. The van der Waals surface area contributed by atoms with Gasteiger partial charge in [0.2, 0.25) is 0 Å². The molecule has 0 atom stereocenters. The fraction of sp³-hybridized carbons (Fsp3) is 0.350. The Labute approximate surface area is 169 Å². The van der Waals surface area contributed by atoms with Crippen LogP contribution in [0.3, 0.4) is 0 Å². The second-order valence-corrected chi connectivity index (χ2v) is 8.82. The zero-order valence-corrected chi connectivity index (χ0v) is 16.9. The molecule has 0 aromatic heterocycles. The first-order chi connectivity index (χ1) is 13.8. The molecule has 0 heterocycles. The van der Waals surface area contributed by atoms with Gasteiger partial charge in [-0.05, 0) is 37.5 Å². The largest absolute Gasteiger partial charge is 0.349 e. The molecule has 0 spiro atoms. The van der Waals surface area contributed by atoms with Gasteiger partial charge in [0.1, 0.15) is 0 Å². The number of hydrogen-bond acceptors (Lipinski definition) is 5. The van der Waals surface area contributed by atoms with Crippen LogP contribution in [-0.2, 0) is 10.0 Å². The number of nitrogens with zero attached hydrogens (tertiary/aromatic N) is 1. The Balaban J connectivity index is 1.87. The quantitative estimate of drug-likeness (QED) is 0.548. The van der Waals surface area contributed by atoms with Gasteiger partial charge in [-0.15, -0.1) is 0 Å². The van der Waals surface area contributed by atoms with E-state index >= 15 is 0 Å². The topological polar surface area (TPSA) is 118 Å². The lowest BCUT2D eigenvalue weighted by molar-refractivity contribution is -0.385. The van der Waals surface area contributed by atoms with Gasteiger partial charge >= 0.3 is 0 Å². The third kappa shape index (κ3) is 4.92. The van der Waals surface area contributed by atoms with Gasteiger partial charge in [0, 0.05) is 18.2 Å². The van der Waals surface area contributed by atoms with Crippen molar-refractivity contribution in [2.45, 2.75) is 50.0 Å². The molecule has 9 heteroatoms. The maximum Gasteiger partial charge on any atom is 0.270 e. The fourth-order valence-corrected chi connectivity index (χ4v) is 4.82. The average molecular weight is 417 g/mol. The number of non-ortho nitro benzene ring substituents is 1. The minimum Gasteiger partial charge on any atom is -0.349 e. The van der Waals surface area contributed by atoms with Crippen LogP contribution in [0.1, 0.15) is 48.0 Å². The molecule has 29 heavy (non-hydrogen) atoms. The number of amides is 1. The van der Waals surface area contributed by atoms with Crippen LogP contribution in [0.15, 0.2) is 47.4 Å². The molecule has 154 valence electrons. The van der Waals surface area contributed by atoms with Crippen molar-refractivity contribution in [2.75, 3.05) is 4.72 Å². The molecule has 2 aromatic carbocycles. The van der Waals surface area contributed by atoms with Crippen LogP contribution in [0.4, 0.5) is 11.4 Å². The molecule has 0 saturated heterocycles. The summed E-state index contributed by atoms with van der Waals surface area (Å²) in [4.78, 5) is 22.9. The van der Waals surface area contributed by atoms with Gasteiger partial charge in [-0.2, -0.15) is 0 Å². The molecule has 3 rings (SSSR count). The molecule has 2 N–H and O–H groups in total. The summed E-state index contributed by atoms with van der Waals surface area (Å²) in [5.41, 5.74) is 0.392. The highest BCUT2D eigenvalue weighted by atomic mass is 32.2. The molecular formula is C20H23N3O5S. The third-order valence-electron chi connectivity index (χ3n) is 5.03. The van der Waals surface area contributed by atoms with E-state index in [1.165, 1.54) is 18.2 Å². The van der Waals surface area contributed by atoms with Crippen molar-refractivity contribution >= 4 is 27.3 Å². The van der Waals surface area contributed by atoms with E-state index in [9.17, 15) is 23.3 Å². The van der Waals surface area contributed by atoms with Crippen molar-refractivity contribution in [1.29, 1.82) is 0 Å². The monoisotopic (exact) mass is 417 g/mol. The summed E-state index contributed by atoms with van der Waals surface area (Å²) in [6.07, 6.45) is 5.10. The Bertz CT molecular complexity index is 1030. The molecule has 0 unspecified atom stereocenters. The van der Waals surface area contributed by atoms with Gasteiger partial charge in [0.15, 0.2) is 0 Å². The van der Waals surface area contributed by atoms with E-state index < -0.39 is 14.9 Å². The number of carbonyl (C=O) groups excluding carboxylic acids is 1. The number of nitro benzene ring substituents is 1. The highest BCUT2D eigenvalue weighted by Crippen LogP contribution is 2.26. The first-order valence-electron chi connectivity index (χ1n) is 9.46. The van der Waals surface area contributed by atoms with Crippen molar-refractivity contribution in [1.82, 2.24) is 5.32 Å². The van der Waals surface area contributed by atoms with Crippen LogP contribution in [0.5, 0.6) is 0 Å². The number of aryl methyl sites for hydroxylation is 1. The summed E-state index contributed by atoms with van der Waals surface area (Å²) in [6.45, 7) is 1.56. The lowest BCUT2D eigenvalue weighted by Gasteiger charge is -2.23. The van der Waals surface area contributed by atoms with E-state index in [1.807, 2.05) is 0 Å². The van der Waals surface area contributed by atoms with Gasteiger partial charge < -0.3 is 5.32 Å². The van der Waals surface area contributed by atoms with E-state index in [-0.39, 0.29) is 33.8 Å². The molecule has 0 aliphatic heterocycles. The van der Waals surface area contributed by atoms with E-state index in [0.29, 0.717) is 5.56 Å². The van der Waals surface area contributed by atoms with Gasteiger partial charge in [-0.25, -0.2) is 8.42 Å². The van der Waals surface area contributed by atoms with Crippen LogP contribution >= 0.6 is 0 Å². The maximum atomic E-state index is 12.9. The van der Waals surface area contributed by atoms with Gasteiger partial charge in [-0.1, -0.05) is 37.5 Å². The molecule has 1 saturated carbocycles. The van der Waals surface area contributed by atoms with Crippen molar-refractivity contribution in [3.05, 3.63) is 63.7 Å². The maximum absolute atomic E-state index is 12.9. The summed E-state index contributed by atoms with van der Waals surface area (Å²) in [5, 5.41) is 14.0. The zero-order chi connectivity index (χ0) is 21.0. The van der Waals surface area contributed by atoms with Crippen LogP contribution < -0.4 is 10.0 Å².